The van der Waals surface area contributed by atoms with Crippen LogP contribution in [-0.2, 0) is 25.5 Å². The summed E-state index contributed by atoms with van der Waals surface area (Å²) < 4.78 is 15.9. The Morgan fingerprint density at radius 2 is 1.45 bits per heavy atom. The Morgan fingerprint density at radius 1 is 0.903 bits per heavy atom. The van der Waals surface area contributed by atoms with Gasteiger partial charge in [-0.05, 0) is 12.5 Å². The number of benzene rings is 1. The molecule has 0 aliphatic carbocycles. The molecule has 0 aromatic heterocycles. The van der Waals surface area contributed by atoms with Crippen molar-refractivity contribution in [1.29, 1.82) is 0 Å². The van der Waals surface area contributed by atoms with Gasteiger partial charge in [0.15, 0.2) is 5.84 Å². The average Bonchev–Trinajstić information content (AvgIpc) is 2.79. The second kappa shape index (κ2) is 19.4. The van der Waals surface area contributed by atoms with Crippen molar-refractivity contribution in [3.05, 3.63) is 35.4 Å². The maximum Gasteiger partial charge on any atom is 0.222 e. The van der Waals surface area contributed by atoms with Gasteiger partial charge >= 0.3 is 0 Å². The Kier molecular flexibility index (Phi) is 17.8. The molecule has 10 heteroatoms. The van der Waals surface area contributed by atoms with Crippen molar-refractivity contribution < 1.29 is 19.0 Å². The van der Waals surface area contributed by atoms with Crippen LogP contribution in [0.3, 0.4) is 0 Å². The lowest BCUT2D eigenvalue weighted by atomic mass is 10.1. The number of ether oxygens (including phenoxy) is 3. The van der Waals surface area contributed by atoms with Gasteiger partial charge in [-0.25, -0.2) is 0 Å². The highest BCUT2D eigenvalue weighted by molar-refractivity contribution is 5.97. The van der Waals surface area contributed by atoms with Crippen molar-refractivity contribution in [2.24, 2.45) is 27.4 Å². The summed E-state index contributed by atoms with van der Waals surface area (Å²) in [6.07, 6.45) is 0.285. The van der Waals surface area contributed by atoms with E-state index in [9.17, 15) is 4.79 Å². The number of nitrogens with one attached hydrogen (secondary N) is 1. The third-order valence-electron chi connectivity index (χ3n) is 3.53. The Hall–Kier alpha value is -2.53. The van der Waals surface area contributed by atoms with E-state index in [-0.39, 0.29) is 18.2 Å². The first-order chi connectivity index (χ1) is 15.0. The lowest BCUT2D eigenvalue weighted by Gasteiger charge is -2.08. The molecule has 0 saturated carbocycles. The standard InChI is InChI=1S/C19H32N6O4.C2H6/c1-15(21)24-25-19(22)17-4-2-16(3-5-17)14-23-18(26)6-8-27-10-12-29-13-11-28-9-7-20;1-2/h2-5H,6-14,20H2,1H3,(H2,21,24)(H2,22,25)(H,23,26);1-2H3. The van der Waals surface area contributed by atoms with E-state index in [1.807, 2.05) is 38.1 Å². The first-order valence-corrected chi connectivity index (χ1v) is 10.5. The van der Waals surface area contributed by atoms with Crippen molar-refractivity contribution in [2.45, 2.75) is 33.7 Å². The summed E-state index contributed by atoms with van der Waals surface area (Å²) in [6.45, 7) is 9.33. The van der Waals surface area contributed by atoms with Crippen molar-refractivity contribution in [2.75, 3.05) is 46.2 Å². The van der Waals surface area contributed by atoms with E-state index in [0.29, 0.717) is 58.6 Å². The summed E-state index contributed by atoms with van der Waals surface area (Å²) in [5.41, 5.74) is 18.2. The fraction of sp³-hybridized carbons (Fsp3) is 0.571. The minimum atomic E-state index is -0.0842. The predicted molar refractivity (Wildman–Crippen MR) is 124 cm³/mol. The number of hydrogen-bond acceptors (Lipinski definition) is 7. The minimum Gasteiger partial charge on any atom is -0.386 e. The van der Waals surface area contributed by atoms with Gasteiger partial charge in [-0.3, -0.25) is 4.79 Å². The zero-order valence-corrected chi connectivity index (χ0v) is 18.9. The molecular formula is C21H38N6O4. The third-order valence-corrected chi connectivity index (χ3v) is 3.53. The first kappa shape index (κ1) is 28.5. The zero-order chi connectivity index (χ0) is 23.3. The number of carbonyl (C=O) groups excluding carboxylic acids is 1. The van der Waals surface area contributed by atoms with E-state index in [0.717, 1.165) is 11.1 Å². The van der Waals surface area contributed by atoms with Crippen molar-refractivity contribution in [1.82, 2.24) is 5.32 Å². The molecule has 31 heavy (non-hydrogen) atoms. The largest absolute Gasteiger partial charge is 0.386 e. The third kappa shape index (κ3) is 15.9. The molecule has 0 aliphatic heterocycles. The molecule has 0 saturated heterocycles. The molecule has 1 amide bonds. The van der Waals surface area contributed by atoms with Crippen LogP contribution in [0.4, 0.5) is 0 Å². The number of hydrogen-bond donors (Lipinski definition) is 4. The summed E-state index contributed by atoms with van der Waals surface area (Å²) in [4.78, 5) is 11.9. The van der Waals surface area contributed by atoms with Crippen LogP contribution in [0, 0.1) is 0 Å². The van der Waals surface area contributed by atoms with E-state index in [1.54, 1.807) is 6.92 Å². The Labute approximate surface area is 185 Å². The number of nitrogens with zero attached hydrogens (tertiary/aromatic N) is 2. The van der Waals surface area contributed by atoms with Crippen LogP contribution < -0.4 is 22.5 Å². The molecule has 0 atom stereocenters. The molecule has 1 aromatic carbocycles. The van der Waals surface area contributed by atoms with Gasteiger partial charge in [0.05, 0.1) is 39.6 Å². The quantitative estimate of drug-likeness (QED) is 0.136. The van der Waals surface area contributed by atoms with Gasteiger partial charge in [-0.2, -0.15) is 0 Å². The lowest BCUT2D eigenvalue weighted by Crippen LogP contribution is -2.24. The predicted octanol–water partition coefficient (Wildman–Crippen LogP) is 0.725. The van der Waals surface area contributed by atoms with E-state index in [2.05, 4.69) is 15.5 Å². The SMILES string of the molecule is C/C(N)=N/N=C(\N)c1ccc(CNC(=O)CCOCCOCCOCCN)cc1.CC. The molecule has 0 aliphatic rings. The highest BCUT2D eigenvalue weighted by Gasteiger charge is 2.03. The van der Waals surface area contributed by atoms with Crippen LogP contribution in [0.2, 0.25) is 0 Å². The maximum absolute atomic E-state index is 11.9. The van der Waals surface area contributed by atoms with Crippen LogP contribution in [0.5, 0.6) is 0 Å². The van der Waals surface area contributed by atoms with E-state index in [4.69, 9.17) is 31.4 Å². The summed E-state index contributed by atoms with van der Waals surface area (Å²) in [7, 11) is 0. The van der Waals surface area contributed by atoms with Gasteiger partial charge < -0.3 is 36.7 Å². The van der Waals surface area contributed by atoms with Crippen LogP contribution >= 0.6 is 0 Å². The number of amides is 1. The number of amidine groups is 2. The first-order valence-electron chi connectivity index (χ1n) is 10.5. The van der Waals surface area contributed by atoms with E-state index in [1.165, 1.54) is 0 Å². The van der Waals surface area contributed by atoms with Crippen molar-refractivity contribution >= 4 is 17.6 Å². The Balaban J connectivity index is 0.00000436. The molecule has 1 rings (SSSR count). The molecule has 0 spiro atoms. The monoisotopic (exact) mass is 438 g/mol. The summed E-state index contributed by atoms with van der Waals surface area (Å²) >= 11 is 0. The smallest absolute Gasteiger partial charge is 0.222 e. The average molecular weight is 439 g/mol. The van der Waals surface area contributed by atoms with E-state index < -0.39 is 0 Å². The molecular weight excluding hydrogens is 400 g/mol. The van der Waals surface area contributed by atoms with Crippen molar-refractivity contribution in [3.63, 3.8) is 0 Å². The van der Waals surface area contributed by atoms with Crippen LogP contribution in [0.1, 0.15) is 38.3 Å². The fourth-order valence-electron chi connectivity index (χ4n) is 2.06. The number of nitrogens with two attached hydrogens (primary N) is 3. The van der Waals surface area contributed by atoms with Gasteiger partial charge in [0.1, 0.15) is 5.84 Å². The maximum atomic E-state index is 11.9. The highest BCUT2D eigenvalue weighted by Crippen LogP contribution is 2.04. The molecule has 0 fully saturated rings. The van der Waals surface area contributed by atoms with Gasteiger partial charge in [0, 0.05) is 25.1 Å². The van der Waals surface area contributed by atoms with Crippen LogP contribution in [0.25, 0.3) is 0 Å². The number of carbonyl (C=O) groups is 1. The lowest BCUT2D eigenvalue weighted by molar-refractivity contribution is -0.122. The molecule has 0 unspecified atom stereocenters. The van der Waals surface area contributed by atoms with Gasteiger partial charge in [0.2, 0.25) is 5.91 Å². The summed E-state index contributed by atoms with van der Waals surface area (Å²) in [5.74, 6) is 0.519. The molecule has 0 heterocycles. The van der Waals surface area contributed by atoms with Crippen LogP contribution in [-0.4, -0.2) is 63.8 Å². The highest BCUT2D eigenvalue weighted by atomic mass is 16.5. The molecule has 176 valence electrons. The second-order valence-corrected chi connectivity index (χ2v) is 6.08. The summed E-state index contributed by atoms with van der Waals surface area (Å²) in [6, 6.07) is 7.35. The van der Waals surface area contributed by atoms with Gasteiger partial charge in [-0.15, -0.1) is 10.2 Å². The Bertz CT molecular complexity index is 646. The van der Waals surface area contributed by atoms with Crippen LogP contribution in [0.15, 0.2) is 34.5 Å². The zero-order valence-electron chi connectivity index (χ0n) is 18.9. The van der Waals surface area contributed by atoms with Gasteiger partial charge in [0.25, 0.3) is 0 Å². The van der Waals surface area contributed by atoms with Crippen molar-refractivity contribution in [3.8, 4) is 0 Å². The molecule has 0 bridgehead atoms. The molecule has 1 aromatic rings. The number of rotatable bonds is 15. The molecule has 10 nitrogen and oxygen atoms in total. The topological polar surface area (TPSA) is 160 Å². The second-order valence-electron chi connectivity index (χ2n) is 6.08. The van der Waals surface area contributed by atoms with Gasteiger partial charge in [-0.1, -0.05) is 38.1 Å². The summed E-state index contributed by atoms with van der Waals surface area (Å²) in [5, 5.41) is 10.4. The molecule has 0 radical (unpaired) electrons. The Morgan fingerprint density at radius 3 is 2.00 bits per heavy atom. The minimum absolute atomic E-state index is 0.0842. The fourth-order valence-corrected chi connectivity index (χ4v) is 2.06. The normalized spacial score (nSPS) is 11.6. The molecule has 7 N–H and O–H groups in total. The van der Waals surface area contributed by atoms with E-state index >= 15 is 0 Å².